The predicted octanol–water partition coefficient (Wildman–Crippen LogP) is 3.73. The van der Waals surface area contributed by atoms with Crippen LogP contribution in [0.4, 0.5) is 5.69 Å². The van der Waals surface area contributed by atoms with Crippen molar-refractivity contribution in [3.63, 3.8) is 0 Å². The van der Waals surface area contributed by atoms with Gasteiger partial charge in [0.25, 0.3) is 0 Å². The fourth-order valence-corrected chi connectivity index (χ4v) is 2.32. The maximum Gasteiger partial charge on any atom is 0.228 e. The molecule has 19 heavy (non-hydrogen) atoms. The van der Waals surface area contributed by atoms with E-state index in [0.717, 1.165) is 10.0 Å². The Morgan fingerprint density at radius 3 is 2.58 bits per heavy atom. The van der Waals surface area contributed by atoms with E-state index in [1.807, 2.05) is 24.3 Å². The monoisotopic (exact) mass is 359 g/mol. The van der Waals surface area contributed by atoms with Crippen molar-refractivity contribution in [1.82, 2.24) is 9.97 Å². The quantitative estimate of drug-likeness (QED) is 0.848. The maximum absolute atomic E-state index is 11.9. The molecule has 2 rings (SSSR count). The third-order valence-electron chi connectivity index (χ3n) is 2.27. The number of nitrogens with one attached hydrogen (secondary N) is 1. The third kappa shape index (κ3) is 3.89. The number of aromatic nitrogens is 2. The Bertz CT molecular complexity index is 601. The van der Waals surface area contributed by atoms with Crippen LogP contribution in [-0.2, 0) is 11.2 Å². The van der Waals surface area contributed by atoms with E-state index in [0.29, 0.717) is 0 Å². The van der Waals surface area contributed by atoms with Gasteiger partial charge in [-0.1, -0.05) is 51.3 Å². The number of amides is 1. The minimum atomic E-state index is -0.239. The summed E-state index contributed by atoms with van der Waals surface area (Å²) in [4.78, 5) is 19.4. The molecule has 7 heteroatoms. The van der Waals surface area contributed by atoms with Crippen LogP contribution in [0.25, 0.3) is 0 Å². The van der Waals surface area contributed by atoms with Crippen LogP contribution in [0.5, 0.6) is 0 Å². The van der Waals surface area contributed by atoms with Gasteiger partial charge in [0.2, 0.25) is 5.91 Å². The molecule has 0 aliphatic rings. The standard InChI is InChI=1S/C12H8BrCl2N3O/c13-8-3-1-2-7(4-8)5-9(19)18-10-11(14)16-6-17-12(10)15/h1-4,6H,5H2,(H,18,19). The smallest absolute Gasteiger partial charge is 0.228 e. The van der Waals surface area contributed by atoms with Gasteiger partial charge in [0.15, 0.2) is 10.3 Å². The highest BCUT2D eigenvalue weighted by molar-refractivity contribution is 9.10. The van der Waals surface area contributed by atoms with E-state index in [1.54, 1.807) is 0 Å². The van der Waals surface area contributed by atoms with Gasteiger partial charge >= 0.3 is 0 Å². The molecule has 1 N–H and O–H groups in total. The fraction of sp³-hybridized carbons (Fsp3) is 0.0833. The lowest BCUT2D eigenvalue weighted by Crippen LogP contribution is -2.15. The molecule has 0 aliphatic heterocycles. The number of hydrogen-bond donors (Lipinski definition) is 1. The van der Waals surface area contributed by atoms with Crippen LogP contribution in [0.1, 0.15) is 5.56 Å². The van der Waals surface area contributed by atoms with E-state index in [2.05, 4.69) is 31.2 Å². The summed E-state index contributed by atoms with van der Waals surface area (Å²) >= 11 is 15.0. The van der Waals surface area contributed by atoms with Gasteiger partial charge in [-0.05, 0) is 17.7 Å². The lowest BCUT2D eigenvalue weighted by molar-refractivity contribution is -0.115. The zero-order valence-corrected chi connectivity index (χ0v) is 12.6. The SMILES string of the molecule is O=C(Cc1cccc(Br)c1)Nc1c(Cl)ncnc1Cl. The number of benzene rings is 1. The van der Waals surface area contributed by atoms with Gasteiger partial charge in [-0.3, -0.25) is 4.79 Å². The van der Waals surface area contributed by atoms with Crippen molar-refractivity contribution >= 4 is 50.7 Å². The molecule has 0 spiro atoms. The second-order valence-electron chi connectivity index (χ2n) is 3.69. The van der Waals surface area contributed by atoms with Crippen molar-refractivity contribution in [3.05, 3.63) is 50.9 Å². The van der Waals surface area contributed by atoms with Crippen LogP contribution in [0.2, 0.25) is 10.3 Å². The molecule has 0 atom stereocenters. The summed E-state index contributed by atoms with van der Waals surface area (Å²) in [5.41, 5.74) is 1.10. The number of anilines is 1. The van der Waals surface area contributed by atoms with E-state index in [-0.39, 0.29) is 28.3 Å². The van der Waals surface area contributed by atoms with Gasteiger partial charge in [-0.25, -0.2) is 9.97 Å². The highest BCUT2D eigenvalue weighted by Crippen LogP contribution is 2.25. The zero-order chi connectivity index (χ0) is 13.8. The average Bonchev–Trinajstić information content (AvgIpc) is 2.34. The van der Waals surface area contributed by atoms with Gasteiger partial charge in [0.1, 0.15) is 12.0 Å². The minimum Gasteiger partial charge on any atom is -0.321 e. The second-order valence-corrected chi connectivity index (χ2v) is 5.32. The topological polar surface area (TPSA) is 54.9 Å². The normalized spacial score (nSPS) is 10.3. The summed E-state index contributed by atoms with van der Waals surface area (Å²) in [5, 5.41) is 2.83. The molecule has 0 aliphatic carbocycles. The van der Waals surface area contributed by atoms with Crippen LogP contribution in [0, 0.1) is 0 Å². The van der Waals surface area contributed by atoms with Crippen molar-refractivity contribution in [2.45, 2.75) is 6.42 Å². The summed E-state index contributed by atoms with van der Waals surface area (Å²) < 4.78 is 0.914. The van der Waals surface area contributed by atoms with Gasteiger partial charge in [0, 0.05) is 4.47 Å². The van der Waals surface area contributed by atoms with Crippen molar-refractivity contribution < 1.29 is 4.79 Å². The Morgan fingerprint density at radius 1 is 1.26 bits per heavy atom. The number of carbonyl (C=O) groups is 1. The van der Waals surface area contributed by atoms with Gasteiger partial charge in [0.05, 0.1) is 6.42 Å². The Balaban J connectivity index is 2.10. The molecule has 0 radical (unpaired) electrons. The Morgan fingerprint density at radius 2 is 1.95 bits per heavy atom. The molecule has 1 heterocycles. The molecule has 0 fully saturated rings. The van der Waals surface area contributed by atoms with E-state index < -0.39 is 0 Å². The van der Waals surface area contributed by atoms with Gasteiger partial charge in [-0.2, -0.15) is 0 Å². The highest BCUT2D eigenvalue weighted by Gasteiger charge is 2.12. The van der Waals surface area contributed by atoms with E-state index >= 15 is 0 Å². The number of rotatable bonds is 3. The molecule has 0 bridgehead atoms. The summed E-state index contributed by atoms with van der Waals surface area (Å²) in [6.07, 6.45) is 1.44. The summed E-state index contributed by atoms with van der Waals surface area (Å²) in [6, 6.07) is 7.47. The Kier molecular flexibility index (Phi) is 4.74. The first-order chi connectivity index (χ1) is 9.06. The lowest BCUT2D eigenvalue weighted by Gasteiger charge is -2.07. The van der Waals surface area contributed by atoms with Gasteiger partial charge < -0.3 is 5.32 Å². The maximum atomic E-state index is 11.9. The lowest BCUT2D eigenvalue weighted by atomic mass is 10.1. The van der Waals surface area contributed by atoms with Crippen molar-refractivity contribution in [1.29, 1.82) is 0 Å². The fourth-order valence-electron chi connectivity index (χ4n) is 1.46. The average molecular weight is 361 g/mol. The molecule has 4 nitrogen and oxygen atoms in total. The van der Waals surface area contributed by atoms with Crippen molar-refractivity contribution in [2.24, 2.45) is 0 Å². The Hall–Kier alpha value is -1.17. The van der Waals surface area contributed by atoms with Crippen LogP contribution in [0.3, 0.4) is 0 Å². The number of halogens is 3. The minimum absolute atomic E-state index is 0.114. The summed E-state index contributed by atoms with van der Waals surface area (Å²) in [7, 11) is 0. The molecule has 98 valence electrons. The predicted molar refractivity (Wildman–Crippen MR) is 78.5 cm³/mol. The van der Waals surface area contributed by atoms with Crippen molar-refractivity contribution in [3.8, 4) is 0 Å². The highest BCUT2D eigenvalue weighted by atomic mass is 79.9. The molecule has 2 aromatic rings. The molecule has 0 unspecified atom stereocenters. The molecule has 1 aromatic heterocycles. The van der Waals surface area contributed by atoms with E-state index in [4.69, 9.17) is 23.2 Å². The molecule has 0 saturated heterocycles. The van der Waals surface area contributed by atoms with Gasteiger partial charge in [-0.15, -0.1) is 0 Å². The van der Waals surface area contributed by atoms with Crippen LogP contribution < -0.4 is 5.32 Å². The van der Waals surface area contributed by atoms with Crippen molar-refractivity contribution in [2.75, 3.05) is 5.32 Å². The Labute approximate surface area is 128 Å². The first-order valence-corrected chi connectivity index (χ1v) is 6.81. The van der Waals surface area contributed by atoms with Crippen LogP contribution in [0.15, 0.2) is 35.1 Å². The van der Waals surface area contributed by atoms with E-state index in [9.17, 15) is 4.79 Å². The summed E-state index contributed by atoms with van der Waals surface area (Å²) in [6.45, 7) is 0. The first-order valence-electron chi connectivity index (χ1n) is 5.26. The largest absolute Gasteiger partial charge is 0.321 e. The molecule has 1 aromatic carbocycles. The molecule has 1 amide bonds. The second kappa shape index (κ2) is 6.32. The molecular weight excluding hydrogens is 353 g/mol. The molecule has 0 saturated carbocycles. The summed E-state index contributed by atoms with van der Waals surface area (Å²) in [5.74, 6) is -0.239. The number of carbonyl (C=O) groups excluding carboxylic acids is 1. The van der Waals surface area contributed by atoms with Crippen LogP contribution >= 0.6 is 39.1 Å². The third-order valence-corrected chi connectivity index (χ3v) is 3.34. The number of nitrogens with zero attached hydrogens (tertiary/aromatic N) is 2. The van der Waals surface area contributed by atoms with Crippen LogP contribution in [-0.4, -0.2) is 15.9 Å². The van der Waals surface area contributed by atoms with E-state index in [1.165, 1.54) is 6.33 Å². The zero-order valence-electron chi connectivity index (χ0n) is 9.53. The molecular formula is C12H8BrCl2N3O. The first kappa shape index (κ1) is 14.2. The number of hydrogen-bond acceptors (Lipinski definition) is 3.